The number of ketones is 1. The summed E-state index contributed by atoms with van der Waals surface area (Å²) < 4.78 is 44.2. The lowest BCUT2D eigenvalue weighted by Crippen LogP contribution is -2.18. The maximum absolute atomic E-state index is 13.6. The Kier molecular flexibility index (Phi) is 5.86. The van der Waals surface area contributed by atoms with Gasteiger partial charge in [0.2, 0.25) is 5.78 Å². The zero-order chi connectivity index (χ0) is 22.9. The first-order valence-corrected chi connectivity index (χ1v) is 11.7. The summed E-state index contributed by atoms with van der Waals surface area (Å²) in [7, 11) is -4.27. The molecular weight excluding hydrogens is 451 g/mol. The van der Waals surface area contributed by atoms with Crippen LogP contribution >= 0.6 is 11.3 Å². The lowest BCUT2D eigenvalue weighted by Gasteiger charge is -2.07. The minimum Gasteiger partial charge on any atom is -0.287 e. The van der Waals surface area contributed by atoms with Crippen LogP contribution in [0.25, 0.3) is 10.2 Å². The predicted molar refractivity (Wildman–Crippen MR) is 121 cm³/mol. The molecule has 1 heterocycles. The van der Waals surface area contributed by atoms with Crippen molar-refractivity contribution in [3.63, 3.8) is 0 Å². The number of oxime groups is 1. The third-order valence-corrected chi connectivity index (χ3v) is 6.84. The number of nitrogens with zero attached hydrogens (tertiary/aromatic N) is 2. The van der Waals surface area contributed by atoms with Crippen LogP contribution < -0.4 is 0 Å². The van der Waals surface area contributed by atoms with Gasteiger partial charge in [-0.15, -0.1) is 11.3 Å². The molecule has 0 aliphatic heterocycles. The predicted octanol–water partition coefficient (Wildman–Crippen LogP) is 5.04. The summed E-state index contributed by atoms with van der Waals surface area (Å²) in [5.41, 5.74) is 2.06. The van der Waals surface area contributed by atoms with Crippen molar-refractivity contribution in [2.24, 2.45) is 5.16 Å². The van der Waals surface area contributed by atoms with E-state index < -0.39 is 21.7 Å². The van der Waals surface area contributed by atoms with Crippen molar-refractivity contribution in [2.45, 2.75) is 18.7 Å². The monoisotopic (exact) mass is 468 g/mol. The summed E-state index contributed by atoms with van der Waals surface area (Å²) in [6.07, 6.45) is 0. The number of carbonyl (C=O) groups is 1. The van der Waals surface area contributed by atoms with E-state index in [-0.39, 0.29) is 15.6 Å². The van der Waals surface area contributed by atoms with Gasteiger partial charge in [0, 0.05) is 5.56 Å². The van der Waals surface area contributed by atoms with E-state index in [0.717, 1.165) is 16.9 Å². The minimum atomic E-state index is -4.27. The van der Waals surface area contributed by atoms with E-state index in [1.165, 1.54) is 30.3 Å². The highest BCUT2D eigenvalue weighted by Crippen LogP contribution is 2.25. The summed E-state index contributed by atoms with van der Waals surface area (Å²) in [5.74, 6) is -1.00. The van der Waals surface area contributed by atoms with Gasteiger partial charge < -0.3 is 0 Å². The molecule has 4 aromatic rings. The topological polar surface area (TPSA) is 85.7 Å². The van der Waals surface area contributed by atoms with Gasteiger partial charge in [-0.05, 0) is 49.7 Å². The molecule has 4 rings (SSSR count). The van der Waals surface area contributed by atoms with E-state index in [2.05, 4.69) is 10.1 Å². The Morgan fingerprint density at radius 3 is 2.47 bits per heavy atom. The van der Waals surface area contributed by atoms with E-state index in [4.69, 9.17) is 4.28 Å². The first kappa shape index (κ1) is 21.8. The van der Waals surface area contributed by atoms with Crippen molar-refractivity contribution in [2.75, 3.05) is 0 Å². The second kappa shape index (κ2) is 8.60. The van der Waals surface area contributed by atoms with E-state index >= 15 is 0 Å². The van der Waals surface area contributed by atoms with Gasteiger partial charge >= 0.3 is 10.1 Å². The SMILES string of the molecule is Cc1ccc(S(=O)(=O)ON=C(C(=O)c2ccccc2C)c2nc3ccc(F)cc3s2)cc1. The maximum Gasteiger partial charge on any atom is 0.358 e. The van der Waals surface area contributed by atoms with Gasteiger partial charge in [-0.25, -0.2) is 9.37 Å². The Bertz CT molecular complexity index is 1460. The Morgan fingerprint density at radius 1 is 1.03 bits per heavy atom. The number of aryl methyl sites for hydroxylation is 2. The lowest BCUT2D eigenvalue weighted by molar-refractivity contribution is 0.106. The van der Waals surface area contributed by atoms with Crippen molar-refractivity contribution < 1.29 is 21.9 Å². The van der Waals surface area contributed by atoms with Crippen LogP contribution in [0.1, 0.15) is 26.5 Å². The lowest BCUT2D eigenvalue weighted by atomic mass is 10.0. The average molecular weight is 469 g/mol. The smallest absolute Gasteiger partial charge is 0.287 e. The first-order chi connectivity index (χ1) is 15.2. The van der Waals surface area contributed by atoms with Crippen LogP contribution in [0.4, 0.5) is 4.39 Å². The van der Waals surface area contributed by atoms with Crippen molar-refractivity contribution in [3.05, 3.63) is 94.2 Å². The quantitative estimate of drug-likeness (QED) is 0.225. The van der Waals surface area contributed by atoms with Gasteiger partial charge in [0.25, 0.3) is 0 Å². The molecule has 0 unspecified atom stereocenters. The number of thiazole rings is 1. The molecule has 0 bridgehead atoms. The van der Waals surface area contributed by atoms with Crippen molar-refractivity contribution in [1.82, 2.24) is 4.98 Å². The molecule has 0 aliphatic rings. The molecule has 0 radical (unpaired) electrons. The maximum atomic E-state index is 13.6. The van der Waals surface area contributed by atoms with Crippen LogP contribution in [0.2, 0.25) is 0 Å². The van der Waals surface area contributed by atoms with E-state index in [1.54, 1.807) is 43.3 Å². The van der Waals surface area contributed by atoms with E-state index in [9.17, 15) is 17.6 Å². The highest BCUT2D eigenvalue weighted by atomic mass is 32.2. The molecule has 32 heavy (non-hydrogen) atoms. The third kappa shape index (κ3) is 4.44. The zero-order valence-electron chi connectivity index (χ0n) is 17.1. The van der Waals surface area contributed by atoms with Crippen molar-refractivity contribution >= 4 is 43.2 Å². The highest BCUT2D eigenvalue weighted by molar-refractivity contribution is 7.86. The Labute approximate surface area is 188 Å². The molecule has 0 saturated heterocycles. The normalized spacial score (nSPS) is 12.2. The third-order valence-electron chi connectivity index (χ3n) is 4.69. The zero-order valence-corrected chi connectivity index (χ0v) is 18.7. The van der Waals surface area contributed by atoms with E-state index in [1.807, 2.05) is 6.92 Å². The summed E-state index contributed by atoms with van der Waals surface area (Å²) >= 11 is 1.02. The molecule has 0 aliphatic carbocycles. The second-order valence-electron chi connectivity index (χ2n) is 7.06. The van der Waals surface area contributed by atoms with Crippen LogP contribution in [-0.4, -0.2) is 24.9 Å². The standard InChI is InChI=1S/C23H17FN2O4S2/c1-14-7-10-17(11-8-14)32(28,29)30-26-21(22(27)18-6-4-3-5-15(18)2)23-25-19-12-9-16(24)13-20(19)31-23/h3-13H,1-2H3. The minimum absolute atomic E-state index is 0.0964. The molecular formula is C23H17FN2O4S2. The highest BCUT2D eigenvalue weighted by Gasteiger charge is 2.25. The number of hydrogen-bond donors (Lipinski definition) is 0. The van der Waals surface area contributed by atoms with Crippen LogP contribution in [0.5, 0.6) is 0 Å². The molecule has 1 aromatic heterocycles. The number of benzene rings is 3. The summed E-state index contributed by atoms with van der Waals surface area (Å²) in [6.45, 7) is 3.58. The number of hydrogen-bond acceptors (Lipinski definition) is 7. The fourth-order valence-corrected chi connectivity index (χ4v) is 4.66. The summed E-state index contributed by atoms with van der Waals surface area (Å²) in [6, 6.07) is 16.9. The Hall–Kier alpha value is -3.43. The second-order valence-corrected chi connectivity index (χ2v) is 9.62. The Morgan fingerprint density at radius 2 is 1.75 bits per heavy atom. The number of carbonyl (C=O) groups excluding carboxylic acids is 1. The largest absolute Gasteiger partial charge is 0.358 e. The van der Waals surface area contributed by atoms with Crippen LogP contribution in [0, 0.1) is 19.7 Å². The average Bonchev–Trinajstić information content (AvgIpc) is 3.17. The molecule has 0 N–H and O–H groups in total. The van der Waals surface area contributed by atoms with E-state index in [0.29, 0.717) is 21.3 Å². The Balaban J connectivity index is 1.80. The molecule has 3 aromatic carbocycles. The van der Waals surface area contributed by atoms with Gasteiger partial charge in [-0.2, -0.15) is 8.42 Å². The van der Waals surface area contributed by atoms with Crippen LogP contribution in [0.3, 0.4) is 0 Å². The number of halogens is 1. The molecule has 0 fully saturated rings. The number of Topliss-reactive ketones (excluding diaryl/α,β-unsaturated/α-hetero) is 1. The number of aromatic nitrogens is 1. The van der Waals surface area contributed by atoms with Gasteiger partial charge in [-0.3, -0.25) is 9.08 Å². The fraction of sp³-hybridized carbons (Fsp3) is 0.0870. The van der Waals surface area contributed by atoms with Crippen LogP contribution in [0.15, 0.2) is 76.8 Å². The molecule has 0 amide bonds. The molecule has 0 spiro atoms. The molecule has 6 nitrogen and oxygen atoms in total. The number of fused-ring (bicyclic) bond motifs is 1. The molecule has 9 heteroatoms. The van der Waals surface area contributed by atoms with Gasteiger partial charge in [0.05, 0.1) is 10.2 Å². The molecule has 162 valence electrons. The van der Waals surface area contributed by atoms with Crippen LogP contribution in [-0.2, 0) is 14.4 Å². The molecule has 0 saturated carbocycles. The van der Waals surface area contributed by atoms with Crippen molar-refractivity contribution in [3.8, 4) is 0 Å². The van der Waals surface area contributed by atoms with Gasteiger partial charge in [-0.1, -0.05) is 47.1 Å². The summed E-state index contributed by atoms with van der Waals surface area (Å²) in [5, 5.41) is 3.86. The van der Waals surface area contributed by atoms with Gasteiger partial charge in [0.15, 0.2) is 10.7 Å². The fourth-order valence-electron chi connectivity index (χ4n) is 2.97. The van der Waals surface area contributed by atoms with Gasteiger partial charge in [0.1, 0.15) is 10.7 Å². The number of rotatable bonds is 6. The van der Waals surface area contributed by atoms with Crippen molar-refractivity contribution in [1.29, 1.82) is 0 Å². The summed E-state index contributed by atoms with van der Waals surface area (Å²) in [4.78, 5) is 17.5. The molecule has 0 atom stereocenters. The first-order valence-electron chi connectivity index (χ1n) is 9.50.